The summed E-state index contributed by atoms with van der Waals surface area (Å²) in [5, 5.41) is 5.65. The van der Waals surface area contributed by atoms with Gasteiger partial charge in [0.05, 0.1) is 18.3 Å². The molecule has 1 fully saturated rings. The highest BCUT2D eigenvalue weighted by atomic mass is 35.5. The van der Waals surface area contributed by atoms with Crippen LogP contribution in [0, 0.1) is 5.92 Å². The zero-order valence-corrected chi connectivity index (χ0v) is 19.2. The molecule has 2 aromatic carbocycles. The Bertz CT molecular complexity index is 1020. The molecule has 1 unspecified atom stereocenters. The van der Waals surface area contributed by atoms with Crippen LogP contribution in [0.2, 0.25) is 5.02 Å². The minimum Gasteiger partial charge on any atom is -0.460 e. The molecule has 3 aromatic rings. The maximum absolute atomic E-state index is 6.06. The van der Waals surface area contributed by atoms with Crippen molar-refractivity contribution in [1.29, 1.82) is 0 Å². The van der Waals surface area contributed by atoms with E-state index < -0.39 is 0 Å². The zero-order chi connectivity index (χ0) is 21.8. The molecule has 162 valence electrons. The Morgan fingerprint density at radius 2 is 1.87 bits per heavy atom. The Kier molecular flexibility index (Phi) is 6.87. The van der Waals surface area contributed by atoms with Crippen LogP contribution in [0.15, 0.2) is 77.0 Å². The average molecular weight is 435 g/mol. The Morgan fingerprint density at radius 3 is 2.52 bits per heavy atom. The second-order valence-electron chi connectivity index (χ2n) is 8.73. The van der Waals surface area contributed by atoms with Crippen LogP contribution in [-0.2, 0) is 6.54 Å². The SMILES string of the molecule is C=C=C(C(NCc1cc2ccccc2o1)C(C)C)N1CCC(c2ccc(Cl)cc2)CC1. The third-order valence-electron chi connectivity index (χ3n) is 6.29. The van der Waals surface area contributed by atoms with Crippen LogP contribution < -0.4 is 5.32 Å². The number of hydrogen-bond acceptors (Lipinski definition) is 3. The molecule has 1 N–H and O–H groups in total. The van der Waals surface area contributed by atoms with Gasteiger partial charge in [-0.1, -0.05) is 62.4 Å². The van der Waals surface area contributed by atoms with E-state index in [4.69, 9.17) is 16.0 Å². The summed E-state index contributed by atoms with van der Waals surface area (Å²) in [5.74, 6) is 1.96. The molecule has 1 aliphatic rings. The van der Waals surface area contributed by atoms with Gasteiger partial charge in [-0.2, -0.15) is 0 Å². The molecule has 0 aliphatic carbocycles. The molecule has 0 spiro atoms. The van der Waals surface area contributed by atoms with Gasteiger partial charge in [-0.05, 0) is 54.5 Å². The molecule has 3 nitrogen and oxygen atoms in total. The highest BCUT2D eigenvalue weighted by Crippen LogP contribution is 2.31. The average Bonchev–Trinajstić information content (AvgIpc) is 3.20. The lowest BCUT2D eigenvalue weighted by molar-refractivity contribution is 0.228. The van der Waals surface area contributed by atoms with E-state index in [1.807, 2.05) is 30.3 Å². The molecule has 1 aliphatic heterocycles. The molecule has 31 heavy (non-hydrogen) atoms. The van der Waals surface area contributed by atoms with Gasteiger partial charge in [0, 0.05) is 23.5 Å². The quantitative estimate of drug-likeness (QED) is 0.417. The summed E-state index contributed by atoms with van der Waals surface area (Å²) in [5.41, 5.74) is 6.75. The summed E-state index contributed by atoms with van der Waals surface area (Å²) in [6.45, 7) is 11.2. The lowest BCUT2D eigenvalue weighted by Gasteiger charge is -2.38. The number of furan rings is 1. The predicted molar refractivity (Wildman–Crippen MR) is 129 cm³/mol. The van der Waals surface area contributed by atoms with Crippen LogP contribution in [0.5, 0.6) is 0 Å². The van der Waals surface area contributed by atoms with Gasteiger partial charge in [0.15, 0.2) is 0 Å². The minimum absolute atomic E-state index is 0.179. The molecule has 1 atom stereocenters. The van der Waals surface area contributed by atoms with Crippen LogP contribution in [-0.4, -0.2) is 24.0 Å². The number of halogens is 1. The van der Waals surface area contributed by atoms with E-state index in [1.165, 1.54) is 11.3 Å². The van der Waals surface area contributed by atoms with Gasteiger partial charge in [0.25, 0.3) is 0 Å². The van der Waals surface area contributed by atoms with Crippen molar-refractivity contribution in [3.63, 3.8) is 0 Å². The summed E-state index contributed by atoms with van der Waals surface area (Å²) in [6, 6.07) is 18.8. The number of hydrogen-bond donors (Lipinski definition) is 1. The van der Waals surface area contributed by atoms with Crippen molar-refractivity contribution in [2.24, 2.45) is 5.92 Å². The molecule has 0 saturated carbocycles. The molecule has 1 saturated heterocycles. The van der Waals surface area contributed by atoms with Gasteiger partial charge < -0.3 is 14.6 Å². The molecular weight excluding hydrogens is 404 g/mol. The van der Waals surface area contributed by atoms with Crippen LogP contribution in [0.3, 0.4) is 0 Å². The lowest BCUT2D eigenvalue weighted by atomic mass is 9.88. The smallest absolute Gasteiger partial charge is 0.134 e. The molecule has 0 amide bonds. The van der Waals surface area contributed by atoms with Gasteiger partial charge in [-0.3, -0.25) is 0 Å². The first-order valence-corrected chi connectivity index (χ1v) is 11.5. The van der Waals surface area contributed by atoms with E-state index in [9.17, 15) is 0 Å². The Balaban J connectivity index is 1.41. The fourth-order valence-corrected chi connectivity index (χ4v) is 4.72. The Labute approximate surface area is 190 Å². The molecule has 4 rings (SSSR count). The minimum atomic E-state index is 0.179. The van der Waals surface area contributed by atoms with Crippen molar-refractivity contribution in [2.75, 3.05) is 13.1 Å². The summed E-state index contributed by atoms with van der Waals surface area (Å²) in [7, 11) is 0. The summed E-state index contributed by atoms with van der Waals surface area (Å²) in [6.07, 6.45) is 2.25. The van der Waals surface area contributed by atoms with Crippen molar-refractivity contribution in [1.82, 2.24) is 10.2 Å². The van der Waals surface area contributed by atoms with Gasteiger partial charge in [-0.25, -0.2) is 0 Å². The van der Waals surface area contributed by atoms with Crippen molar-refractivity contribution in [3.05, 3.63) is 89.0 Å². The second kappa shape index (κ2) is 9.78. The van der Waals surface area contributed by atoms with Crippen molar-refractivity contribution in [3.8, 4) is 0 Å². The van der Waals surface area contributed by atoms with Gasteiger partial charge in [-0.15, -0.1) is 5.73 Å². The lowest BCUT2D eigenvalue weighted by Crippen LogP contribution is -2.44. The summed E-state index contributed by atoms with van der Waals surface area (Å²) >= 11 is 6.06. The number of para-hydroxylation sites is 1. The predicted octanol–water partition coefficient (Wildman–Crippen LogP) is 6.75. The van der Waals surface area contributed by atoms with Crippen molar-refractivity contribution < 1.29 is 4.42 Å². The van der Waals surface area contributed by atoms with Crippen molar-refractivity contribution >= 4 is 22.6 Å². The number of benzene rings is 2. The van der Waals surface area contributed by atoms with Gasteiger partial charge in [0.2, 0.25) is 0 Å². The van der Waals surface area contributed by atoms with Crippen LogP contribution >= 0.6 is 11.6 Å². The number of fused-ring (bicyclic) bond motifs is 1. The fraction of sp³-hybridized carbons (Fsp3) is 0.370. The van der Waals surface area contributed by atoms with E-state index in [0.717, 1.165) is 47.7 Å². The molecular formula is C27H31ClN2O. The van der Waals surface area contributed by atoms with Crippen LogP contribution in [0.25, 0.3) is 11.0 Å². The second-order valence-corrected chi connectivity index (χ2v) is 9.16. The van der Waals surface area contributed by atoms with Crippen molar-refractivity contribution in [2.45, 2.75) is 45.2 Å². The standard InChI is InChI=1S/C27H31ClN2O/c1-4-25(30-15-13-21(14-16-30)20-9-11-23(28)12-10-20)27(19(2)3)29-18-24-17-22-7-5-6-8-26(22)31-24/h5-12,17,19,21,27,29H,1,13-16,18H2,2-3H3. The monoisotopic (exact) mass is 434 g/mol. The van der Waals surface area contributed by atoms with Crippen LogP contribution in [0.1, 0.15) is 43.9 Å². The molecule has 1 aromatic heterocycles. The van der Waals surface area contributed by atoms with Gasteiger partial charge in [0.1, 0.15) is 11.3 Å². The molecule has 0 bridgehead atoms. The third kappa shape index (κ3) is 5.07. The van der Waals surface area contributed by atoms with E-state index in [-0.39, 0.29) is 6.04 Å². The molecule has 0 radical (unpaired) electrons. The zero-order valence-electron chi connectivity index (χ0n) is 18.4. The number of nitrogens with one attached hydrogen (secondary N) is 1. The summed E-state index contributed by atoms with van der Waals surface area (Å²) in [4.78, 5) is 2.45. The summed E-state index contributed by atoms with van der Waals surface area (Å²) < 4.78 is 6.00. The van der Waals surface area contributed by atoms with E-state index in [2.05, 4.69) is 60.6 Å². The highest BCUT2D eigenvalue weighted by molar-refractivity contribution is 6.30. The molecule has 2 heterocycles. The normalized spacial score (nSPS) is 15.9. The maximum Gasteiger partial charge on any atom is 0.134 e. The number of piperidine rings is 1. The largest absolute Gasteiger partial charge is 0.460 e. The topological polar surface area (TPSA) is 28.4 Å². The van der Waals surface area contributed by atoms with Gasteiger partial charge >= 0.3 is 0 Å². The number of nitrogens with zero attached hydrogens (tertiary/aromatic N) is 1. The van der Waals surface area contributed by atoms with E-state index in [1.54, 1.807) is 0 Å². The first kappa shape index (κ1) is 21.8. The Morgan fingerprint density at radius 1 is 1.16 bits per heavy atom. The number of rotatable bonds is 7. The third-order valence-corrected chi connectivity index (χ3v) is 6.54. The fourth-order valence-electron chi connectivity index (χ4n) is 4.59. The first-order chi connectivity index (χ1) is 15.0. The van der Waals surface area contributed by atoms with Crippen LogP contribution in [0.4, 0.5) is 0 Å². The van der Waals surface area contributed by atoms with E-state index >= 15 is 0 Å². The van der Waals surface area contributed by atoms with E-state index in [0.29, 0.717) is 18.4 Å². The number of likely N-dealkylation sites (tertiary alicyclic amines) is 1. The first-order valence-electron chi connectivity index (χ1n) is 11.2. The molecule has 4 heteroatoms. The highest BCUT2D eigenvalue weighted by Gasteiger charge is 2.27. The maximum atomic E-state index is 6.06. The Hall–Kier alpha value is -2.45.